The molecule has 2 aliphatic rings. The van der Waals surface area contributed by atoms with Gasteiger partial charge >= 0.3 is 0 Å². The number of anilines is 2. The number of nitrogens with one attached hydrogen (secondary N) is 3. The number of amides is 4. The molecule has 1 fully saturated rings. The van der Waals surface area contributed by atoms with Crippen LogP contribution in [0.4, 0.5) is 11.4 Å². The molecule has 1 saturated heterocycles. The summed E-state index contributed by atoms with van der Waals surface area (Å²) < 4.78 is 0. The maximum atomic E-state index is 12.7. The number of rotatable bonds is 4. The first-order valence-electron chi connectivity index (χ1n) is 9.33. The number of hydrogen-bond donors (Lipinski definition) is 3. The van der Waals surface area contributed by atoms with Crippen LogP contribution in [-0.4, -0.2) is 41.6 Å². The fourth-order valence-electron chi connectivity index (χ4n) is 3.75. The lowest BCUT2D eigenvalue weighted by atomic mass is 10.0. The Morgan fingerprint density at radius 3 is 2.69 bits per heavy atom. The first-order chi connectivity index (χ1) is 14.0. The second kappa shape index (κ2) is 7.38. The van der Waals surface area contributed by atoms with Gasteiger partial charge in [-0.15, -0.1) is 0 Å². The Morgan fingerprint density at radius 1 is 1.14 bits per heavy atom. The maximum absolute atomic E-state index is 12.7. The third-order valence-corrected chi connectivity index (χ3v) is 5.22. The van der Waals surface area contributed by atoms with E-state index in [4.69, 9.17) is 0 Å². The minimum absolute atomic E-state index is 0.211. The Labute approximate surface area is 167 Å². The summed E-state index contributed by atoms with van der Waals surface area (Å²) in [6, 6.07) is 11.6. The lowest BCUT2D eigenvalue weighted by Gasteiger charge is -2.29. The molecule has 3 N–H and O–H groups in total. The number of benzene rings is 2. The summed E-state index contributed by atoms with van der Waals surface area (Å²) >= 11 is 0. The van der Waals surface area contributed by atoms with E-state index < -0.39 is 11.9 Å². The van der Waals surface area contributed by atoms with Crippen molar-refractivity contribution in [3.05, 3.63) is 59.2 Å². The van der Waals surface area contributed by atoms with Gasteiger partial charge in [-0.1, -0.05) is 12.1 Å². The van der Waals surface area contributed by atoms with Crippen molar-refractivity contribution in [1.29, 1.82) is 0 Å². The van der Waals surface area contributed by atoms with Gasteiger partial charge in [0.25, 0.3) is 11.8 Å². The highest BCUT2D eigenvalue weighted by Gasteiger charge is 2.39. The van der Waals surface area contributed by atoms with Gasteiger partial charge in [-0.25, -0.2) is 0 Å². The summed E-state index contributed by atoms with van der Waals surface area (Å²) in [5.41, 5.74) is 3.03. The van der Waals surface area contributed by atoms with E-state index in [2.05, 4.69) is 16.0 Å². The Balaban J connectivity index is 1.52. The molecule has 0 radical (unpaired) electrons. The topological polar surface area (TPSA) is 108 Å². The van der Waals surface area contributed by atoms with Crippen molar-refractivity contribution in [2.24, 2.45) is 0 Å². The molecule has 0 aliphatic carbocycles. The molecule has 4 amide bonds. The molecule has 2 aliphatic heterocycles. The van der Waals surface area contributed by atoms with Crippen molar-refractivity contribution in [3.8, 4) is 0 Å². The normalized spacial score (nSPS) is 18.3. The van der Waals surface area contributed by atoms with Crippen molar-refractivity contribution < 1.29 is 19.2 Å². The first-order valence-corrected chi connectivity index (χ1v) is 9.33. The van der Waals surface area contributed by atoms with Crippen molar-refractivity contribution in [2.75, 3.05) is 17.7 Å². The van der Waals surface area contributed by atoms with Gasteiger partial charge in [0.2, 0.25) is 11.8 Å². The zero-order valence-electron chi connectivity index (χ0n) is 15.8. The quantitative estimate of drug-likeness (QED) is 0.687. The summed E-state index contributed by atoms with van der Waals surface area (Å²) in [5.74, 6) is -1.27. The van der Waals surface area contributed by atoms with Crippen molar-refractivity contribution in [3.63, 3.8) is 0 Å². The second-order valence-electron chi connectivity index (χ2n) is 7.02. The van der Waals surface area contributed by atoms with Gasteiger partial charge in [0.15, 0.2) is 0 Å². The van der Waals surface area contributed by atoms with Crippen LogP contribution < -0.4 is 16.0 Å². The van der Waals surface area contributed by atoms with Gasteiger partial charge in [-0.2, -0.15) is 0 Å². The van der Waals surface area contributed by atoms with Gasteiger partial charge in [-0.3, -0.25) is 24.5 Å². The zero-order chi connectivity index (χ0) is 20.5. The number of hydrogen-bond acceptors (Lipinski definition) is 5. The van der Waals surface area contributed by atoms with Crippen LogP contribution in [0, 0.1) is 0 Å². The molecule has 0 aromatic heterocycles. The van der Waals surface area contributed by atoms with Crippen molar-refractivity contribution in [2.45, 2.75) is 25.4 Å². The molecule has 1 unspecified atom stereocenters. The first kappa shape index (κ1) is 18.7. The SMILES string of the molecule is CNc1ccccc1C(=O)Nc1ccc2c(c1)CN(C1CCC(=O)NC1=O)C2=O. The highest BCUT2D eigenvalue weighted by molar-refractivity contribution is 6.09. The molecule has 4 rings (SSSR count). The van der Waals surface area contributed by atoms with E-state index in [9.17, 15) is 19.2 Å². The molecule has 0 spiro atoms. The van der Waals surface area contributed by atoms with Gasteiger partial charge in [0.1, 0.15) is 6.04 Å². The standard InChI is InChI=1S/C21H20N4O4/c1-22-16-5-3-2-4-15(16)19(27)23-13-6-7-14-12(10-13)11-25(21(14)29)17-8-9-18(26)24-20(17)28/h2-7,10,17,22H,8-9,11H2,1H3,(H,23,27)(H,24,26,28). The third kappa shape index (κ3) is 3.44. The fourth-order valence-corrected chi connectivity index (χ4v) is 3.75. The Morgan fingerprint density at radius 2 is 1.93 bits per heavy atom. The molecule has 2 heterocycles. The lowest BCUT2D eigenvalue weighted by Crippen LogP contribution is -2.52. The average molecular weight is 392 g/mol. The number of piperidine rings is 1. The van der Waals surface area contributed by atoms with Crippen LogP contribution in [0.3, 0.4) is 0 Å². The molecule has 0 bridgehead atoms. The predicted molar refractivity (Wildman–Crippen MR) is 106 cm³/mol. The molecule has 0 saturated carbocycles. The fraction of sp³-hybridized carbons (Fsp3) is 0.238. The van der Waals surface area contributed by atoms with Crippen LogP contribution in [0.2, 0.25) is 0 Å². The maximum Gasteiger partial charge on any atom is 0.257 e. The minimum atomic E-state index is -0.659. The monoisotopic (exact) mass is 392 g/mol. The highest BCUT2D eigenvalue weighted by atomic mass is 16.2. The van der Waals surface area contributed by atoms with Gasteiger partial charge in [0.05, 0.1) is 5.56 Å². The second-order valence-corrected chi connectivity index (χ2v) is 7.02. The van der Waals surface area contributed by atoms with E-state index in [-0.39, 0.29) is 30.7 Å². The molecule has 2 aromatic carbocycles. The zero-order valence-corrected chi connectivity index (χ0v) is 15.8. The Bertz CT molecular complexity index is 1030. The highest BCUT2D eigenvalue weighted by Crippen LogP contribution is 2.29. The Hall–Kier alpha value is -3.68. The number of imide groups is 1. The molecular formula is C21H20N4O4. The summed E-state index contributed by atoms with van der Waals surface area (Å²) in [7, 11) is 1.75. The number of carbonyl (C=O) groups is 4. The smallest absolute Gasteiger partial charge is 0.257 e. The molecular weight excluding hydrogens is 372 g/mol. The summed E-state index contributed by atoms with van der Waals surface area (Å²) in [6.07, 6.45) is 0.525. The van der Waals surface area contributed by atoms with Gasteiger partial charge in [0, 0.05) is 37.0 Å². The number of para-hydroxylation sites is 1. The Kier molecular flexibility index (Phi) is 4.75. The van der Waals surface area contributed by atoms with Gasteiger partial charge < -0.3 is 15.5 Å². The van der Waals surface area contributed by atoms with E-state index in [0.717, 1.165) is 5.56 Å². The molecule has 1 atom stereocenters. The van der Waals surface area contributed by atoms with Gasteiger partial charge in [-0.05, 0) is 42.3 Å². The minimum Gasteiger partial charge on any atom is -0.387 e. The van der Waals surface area contributed by atoms with Crippen LogP contribution >= 0.6 is 0 Å². The third-order valence-electron chi connectivity index (χ3n) is 5.22. The predicted octanol–water partition coefficient (Wildman–Crippen LogP) is 1.74. The lowest BCUT2D eigenvalue weighted by molar-refractivity contribution is -0.136. The summed E-state index contributed by atoms with van der Waals surface area (Å²) in [6.45, 7) is 0.261. The van der Waals surface area contributed by atoms with Crippen LogP contribution in [0.1, 0.15) is 39.1 Å². The van der Waals surface area contributed by atoms with Crippen molar-refractivity contribution >= 4 is 35.0 Å². The molecule has 8 nitrogen and oxygen atoms in total. The van der Waals surface area contributed by atoms with Crippen LogP contribution in [-0.2, 0) is 16.1 Å². The molecule has 29 heavy (non-hydrogen) atoms. The number of fused-ring (bicyclic) bond motifs is 1. The van der Waals surface area contributed by atoms with Crippen LogP contribution in [0.25, 0.3) is 0 Å². The van der Waals surface area contributed by atoms with E-state index in [0.29, 0.717) is 28.9 Å². The summed E-state index contributed by atoms with van der Waals surface area (Å²) in [4.78, 5) is 50.3. The molecule has 8 heteroatoms. The molecule has 2 aromatic rings. The largest absolute Gasteiger partial charge is 0.387 e. The van der Waals surface area contributed by atoms with E-state index in [1.807, 2.05) is 12.1 Å². The van der Waals surface area contributed by atoms with E-state index in [1.54, 1.807) is 37.4 Å². The van der Waals surface area contributed by atoms with E-state index in [1.165, 1.54) is 4.90 Å². The molecule has 148 valence electrons. The average Bonchev–Trinajstić information content (AvgIpc) is 3.03. The van der Waals surface area contributed by atoms with Crippen LogP contribution in [0.15, 0.2) is 42.5 Å². The number of nitrogens with zero attached hydrogens (tertiary/aromatic N) is 1. The van der Waals surface area contributed by atoms with Crippen LogP contribution in [0.5, 0.6) is 0 Å². The van der Waals surface area contributed by atoms with E-state index >= 15 is 0 Å². The van der Waals surface area contributed by atoms with Crippen molar-refractivity contribution in [1.82, 2.24) is 10.2 Å². The number of carbonyl (C=O) groups excluding carboxylic acids is 4. The summed E-state index contributed by atoms with van der Waals surface area (Å²) in [5, 5.41) is 8.12.